The van der Waals surface area contributed by atoms with Crippen molar-refractivity contribution in [2.75, 3.05) is 12.4 Å². The molecular formula is C11H15IN2O2. The molecule has 88 valence electrons. The summed E-state index contributed by atoms with van der Waals surface area (Å²) in [5.41, 5.74) is 0.256. The monoisotopic (exact) mass is 334 g/mol. The van der Waals surface area contributed by atoms with Gasteiger partial charge in [-0.1, -0.05) is 20.8 Å². The maximum Gasteiger partial charge on any atom is 0.229 e. The SMILES string of the molecule is COc1cncc(NC(=O)C(C)(C)C)c1I. The summed E-state index contributed by atoms with van der Waals surface area (Å²) in [5.74, 6) is 0.618. The minimum absolute atomic E-state index is 0.0412. The number of rotatable bonds is 2. The Bertz CT molecular complexity index is 399. The van der Waals surface area contributed by atoms with Crippen LogP contribution in [0.25, 0.3) is 0 Å². The quantitative estimate of drug-likeness (QED) is 0.846. The minimum atomic E-state index is -0.424. The summed E-state index contributed by atoms with van der Waals surface area (Å²) in [6, 6.07) is 0. The molecule has 16 heavy (non-hydrogen) atoms. The number of anilines is 1. The van der Waals surface area contributed by atoms with Crippen molar-refractivity contribution in [3.63, 3.8) is 0 Å². The number of carbonyl (C=O) groups excluding carboxylic acids is 1. The summed E-state index contributed by atoms with van der Waals surface area (Å²) in [6.07, 6.45) is 3.24. The van der Waals surface area contributed by atoms with Crippen molar-refractivity contribution in [2.45, 2.75) is 20.8 Å². The van der Waals surface area contributed by atoms with Gasteiger partial charge in [-0.3, -0.25) is 9.78 Å². The molecule has 4 nitrogen and oxygen atoms in total. The zero-order valence-electron chi connectivity index (χ0n) is 9.80. The van der Waals surface area contributed by atoms with Crippen molar-refractivity contribution in [2.24, 2.45) is 5.41 Å². The first-order chi connectivity index (χ1) is 7.36. The maximum atomic E-state index is 11.8. The molecule has 0 saturated carbocycles. The molecule has 1 rings (SSSR count). The molecule has 0 aromatic carbocycles. The van der Waals surface area contributed by atoms with E-state index in [1.165, 1.54) is 0 Å². The Morgan fingerprint density at radius 1 is 1.44 bits per heavy atom. The Balaban J connectivity index is 2.94. The highest BCUT2D eigenvalue weighted by atomic mass is 127. The molecule has 1 N–H and O–H groups in total. The molecule has 1 amide bonds. The Morgan fingerprint density at radius 3 is 2.56 bits per heavy atom. The van der Waals surface area contributed by atoms with Crippen molar-refractivity contribution in [1.29, 1.82) is 0 Å². The number of aromatic nitrogens is 1. The van der Waals surface area contributed by atoms with E-state index in [0.717, 1.165) is 3.57 Å². The van der Waals surface area contributed by atoms with E-state index >= 15 is 0 Å². The van der Waals surface area contributed by atoms with Crippen LogP contribution in [0.5, 0.6) is 5.75 Å². The molecule has 0 atom stereocenters. The van der Waals surface area contributed by atoms with Gasteiger partial charge in [-0.05, 0) is 22.6 Å². The fraction of sp³-hybridized carbons (Fsp3) is 0.455. The van der Waals surface area contributed by atoms with Crippen molar-refractivity contribution >= 4 is 34.2 Å². The number of nitrogens with zero attached hydrogens (tertiary/aromatic N) is 1. The lowest BCUT2D eigenvalue weighted by molar-refractivity contribution is -0.123. The van der Waals surface area contributed by atoms with Crippen LogP contribution in [0.15, 0.2) is 12.4 Å². The third kappa shape index (κ3) is 3.07. The second kappa shape index (κ2) is 4.99. The van der Waals surface area contributed by atoms with E-state index < -0.39 is 5.41 Å². The molecule has 0 radical (unpaired) electrons. The summed E-state index contributed by atoms with van der Waals surface area (Å²) < 4.78 is 5.99. The van der Waals surface area contributed by atoms with Crippen molar-refractivity contribution in [1.82, 2.24) is 4.98 Å². The number of methoxy groups -OCH3 is 1. The summed E-state index contributed by atoms with van der Waals surface area (Å²) in [4.78, 5) is 15.8. The van der Waals surface area contributed by atoms with Gasteiger partial charge < -0.3 is 10.1 Å². The van der Waals surface area contributed by atoms with Crippen LogP contribution in [0.3, 0.4) is 0 Å². The van der Waals surface area contributed by atoms with E-state index in [2.05, 4.69) is 32.9 Å². The Morgan fingerprint density at radius 2 is 2.06 bits per heavy atom. The predicted octanol–water partition coefficient (Wildman–Crippen LogP) is 2.68. The molecule has 0 fully saturated rings. The zero-order valence-corrected chi connectivity index (χ0v) is 12.0. The van der Waals surface area contributed by atoms with Gasteiger partial charge in [0.2, 0.25) is 5.91 Å². The lowest BCUT2D eigenvalue weighted by Crippen LogP contribution is -2.28. The topological polar surface area (TPSA) is 51.2 Å². The standard InChI is InChI=1S/C11H15IN2O2/c1-11(2,3)10(15)14-7-5-13-6-8(16-4)9(7)12/h5-6H,1-4H3,(H,14,15). The number of amides is 1. The predicted molar refractivity (Wildman–Crippen MR) is 71.6 cm³/mol. The van der Waals surface area contributed by atoms with Crippen LogP contribution in [0.1, 0.15) is 20.8 Å². The molecule has 1 aromatic heterocycles. The fourth-order valence-electron chi connectivity index (χ4n) is 0.965. The highest BCUT2D eigenvalue weighted by Gasteiger charge is 2.22. The molecule has 1 heterocycles. The van der Waals surface area contributed by atoms with Crippen LogP contribution < -0.4 is 10.1 Å². The minimum Gasteiger partial charge on any atom is -0.494 e. The van der Waals surface area contributed by atoms with Gasteiger partial charge >= 0.3 is 0 Å². The smallest absolute Gasteiger partial charge is 0.229 e. The number of nitrogens with one attached hydrogen (secondary N) is 1. The number of ether oxygens (including phenoxy) is 1. The van der Waals surface area contributed by atoms with Crippen LogP contribution in [-0.4, -0.2) is 18.0 Å². The molecule has 0 aliphatic heterocycles. The fourth-order valence-corrected chi connectivity index (χ4v) is 1.60. The normalized spacial score (nSPS) is 11.1. The molecule has 5 heteroatoms. The lowest BCUT2D eigenvalue weighted by atomic mass is 9.96. The highest BCUT2D eigenvalue weighted by molar-refractivity contribution is 14.1. The van der Waals surface area contributed by atoms with Crippen LogP contribution in [0.2, 0.25) is 0 Å². The molecule has 0 bridgehead atoms. The molecule has 0 unspecified atom stereocenters. The number of pyridine rings is 1. The summed E-state index contributed by atoms with van der Waals surface area (Å²) in [6.45, 7) is 5.59. The largest absolute Gasteiger partial charge is 0.494 e. The second-order valence-corrected chi connectivity index (χ2v) is 5.49. The van der Waals surface area contributed by atoms with E-state index in [9.17, 15) is 4.79 Å². The first-order valence-corrected chi connectivity index (χ1v) is 5.93. The van der Waals surface area contributed by atoms with Crippen LogP contribution in [0, 0.1) is 8.99 Å². The number of carbonyl (C=O) groups is 1. The Hall–Kier alpha value is -0.850. The number of halogens is 1. The van der Waals surface area contributed by atoms with Crippen LogP contribution in [-0.2, 0) is 4.79 Å². The number of hydrogen-bond acceptors (Lipinski definition) is 3. The Labute approximate surface area is 109 Å². The van der Waals surface area contributed by atoms with Crippen molar-refractivity contribution in [3.05, 3.63) is 16.0 Å². The lowest BCUT2D eigenvalue weighted by Gasteiger charge is -2.18. The van der Waals surface area contributed by atoms with Gasteiger partial charge in [0.15, 0.2) is 5.75 Å². The second-order valence-electron chi connectivity index (χ2n) is 4.41. The van der Waals surface area contributed by atoms with Crippen LogP contribution in [0.4, 0.5) is 5.69 Å². The van der Waals surface area contributed by atoms with Gasteiger partial charge in [-0.2, -0.15) is 0 Å². The molecule has 0 spiro atoms. The maximum absolute atomic E-state index is 11.8. The molecular weight excluding hydrogens is 319 g/mol. The van der Waals surface area contributed by atoms with Gasteiger partial charge in [-0.25, -0.2) is 0 Å². The van der Waals surface area contributed by atoms with Crippen molar-refractivity contribution in [3.8, 4) is 5.75 Å². The third-order valence-electron chi connectivity index (χ3n) is 2.00. The first kappa shape index (κ1) is 13.2. The average Bonchev–Trinajstić information content (AvgIpc) is 2.19. The Kier molecular flexibility index (Phi) is 4.12. The van der Waals surface area contributed by atoms with E-state index in [-0.39, 0.29) is 5.91 Å². The number of hydrogen-bond donors (Lipinski definition) is 1. The zero-order chi connectivity index (χ0) is 12.3. The average molecular weight is 334 g/mol. The van der Waals surface area contributed by atoms with E-state index in [4.69, 9.17) is 4.74 Å². The van der Waals surface area contributed by atoms with Crippen LogP contribution >= 0.6 is 22.6 Å². The first-order valence-electron chi connectivity index (χ1n) is 4.85. The van der Waals surface area contributed by atoms with Crippen molar-refractivity contribution < 1.29 is 9.53 Å². The van der Waals surface area contributed by atoms with Gasteiger partial charge in [0.25, 0.3) is 0 Å². The van der Waals surface area contributed by atoms with E-state index in [0.29, 0.717) is 11.4 Å². The summed E-state index contributed by atoms with van der Waals surface area (Å²) >= 11 is 2.12. The van der Waals surface area contributed by atoms with E-state index in [1.807, 2.05) is 20.8 Å². The van der Waals surface area contributed by atoms with Gasteiger partial charge in [0, 0.05) is 5.41 Å². The molecule has 1 aromatic rings. The van der Waals surface area contributed by atoms with E-state index in [1.54, 1.807) is 19.5 Å². The summed E-state index contributed by atoms with van der Waals surface area (Å²) in [5, 5.41) is 2.84. The van der Waals surface area contributed by atoms with Gasteiger partial charge in [0.1, 0.15) is 0 Å². The molecule has 0 saturated heterocycles. The van der Waals surface area contributed by atoms with Gasteiger partial charge in [-0.15, -0.1) is 0 Å². The third-order valence-corrected chi connectivity index (χ3v) is 3.11. The highest BCUT2D eigenvalue weighted by Crippen LogP contribution is 2.27. The molecule has 0 aliphatic carbocycles. The summed E-state index contributed by atoms with van der Waals surface area (Å²) in [7, 11) is 1.58. The van der Waals surface area contributed by atoms with Gasteiger partial charge in [0.05, 0.1) is 28.8 Å². The molecule has 0 aliphatic rings.